The van der Waals surface area contributed by atoms with Gasteiger partial charge in [0.25, 0.3) is 15.9 Å². The molecular formula is C28H33N3O6S. The highest BCUT2D eigenvalue weighted by molar-refractivity contribution is 7.92. The van der Waals surface area contributed by atoms with Crippen LogP contribution in [0.25, 0.3) is 0 Å². The number of ether oxygens (including phenoxy) is 2. The largest absolute Gasteiger partial charge is 0.493 e. The van der Waals surface area contributed by atoms with E-state index in [4.69, 9.17) is 9.47 Å². The van der Waals surface area contributed by atoms with Gasteiger partial charge in [0, 0.05) is 12.1 Å². The molecule has 0 saturated carbocycles. The highest BCUT2D eigenvalue weighted by Gasteiger charge is 2.28. The maximum atomic E-state index is 13.7. The number of aryl methyl sites for hydroxylation is 1. The van der Waals surface area contributed by atoms with Crippen molar-refractivity contribution in [1.29, 1.82) is 0 Å². The number of rotatable bonds is 11. The number of hydrogen-bond donors (Lipinski definition) is 2. The first-order valence-electron chi connectivity index (χ1n) is 12.1. The zero-order chi connectivity index (χ0) is 27.9. The van der Waals surface area contributed by atoms with E-state index in [1.165, 1.54) is 38.5 Å². The predicted octanol–water partition coefficient (Wildman–Crippen LogP) is 4.37. The Kier molecular flexibility index (Phi) is 9.35. The molecule has 0 aromatic heterocycles. The number of carbonyl (C=O) groups is 2. The fraction of sp³-hybridized carbons (Fsp3) is 0.286. The Morgan fingerprint density at radius 1 is 0.947 bits per heavy atom. The Morgan fingerprint density at radius 3 is 2.24 bits per heavy atom. The Hall–Kier alpha value is -4.05. The standard InChI is InChI=1S/C28H33N3O6S/c1-6-20(3)29-28(33)23-9-7-8-10-24(23)30-27(32)18-31(21-13-16-25(36-4)26(17-21)37-5)38(34,35)22-14-11-19(2)12-15-22/h7-17,20H,6,18H2,1-5H3,(H,29,33)(H,30,32)/t20-/m0/s1. The number of nitrogens with one attached hydrogen (secondary N) is 2. The Morgan fingerprint density at radius 2 is 1.61 bits per heavy atom. The van der Waals surface area contributed by atoms with Crippen molar-refractivity contribution in [3.8, 4) is 11.5 Å². The van der Waals surface area contributed by atoms with Crippen LogP contribution in [-0.2, 0) is 14.8 Å². The van der Waals surface area contributed by atoms with E-state index in [0.29, 0.717) is 11.5 Å². The molecule has 3 rings (SSSR count). The number of nitrogens with zero attached hydrogens (tertiary/aromatic N) is 1. The maximum absolute atomic E-state index is 13.7. The molecule has 0 bridgehead atoms. The summed E-state index contributed by atoms with van der Waals surface area (Å²) in [7, 11) is -1.24. The summed E-state index contributed by atoms with van der Waals surface area (Å²) in [5.74, 6) is -0.241. The van der Waals surface area contributed by atoms with Crippen LogP contribution in [0.2, 0.25) is 0 Å². The summed E-state index contributed by atoms with van der Waals surface area (Å²) >= 11 is 0. The second-order valence-corrected chi connectivity index (χ2v) is 10.6. The molecule has 10 heteroatoms. The molecule has 0 spiro atoms. The van der Waals surface area contributed by atoms with Gasteiger partial charge in [-0.15, -0.1) is 0 Å². The lowest BCUT2D eigenvalue weighted by molar-refractivity contribution is -0.114. The molecular weight excluding hydrogens is 506 g/mol. The number of para-hydroxylation sites is 1. The second kappa shape index (κ2) is 12.5. The Balaban J connectivity index is 1.98. The topological polar surface area (TPSA) is 114 Å². The monoisotopic (exact) mass is 539 g/mol. The molecule has 0 heterocycles. The molecule has 9 nitrogen and oxygen atoms in total. The van der Waals surface area contributed by atoms with Crippen LogP contribution < -0.4 is 24.4 Å². The molecule has 202 valence electrons. The van der Waals surface area contributed by atoms with Gasteiger partial charge in [-0.25, -0.2) is 8.42 Å². The number of amides is 2. The number of carbonyl (C=O) groups excluding carboxylic acids is 2. The third-order valence-corrected chi connectivity index (χ3v) is 7.78. The molecule has 0 aliphatic rings. The first-order chi connectivity index (χ1) is 18.1. The number of hydrogen-bond acceptors (Lipinski definition) is 6. The van der Waals surface area contributed by atoms with Gasteiger partial charge in [-0.2, -0.15) is 0 Å². The van der Waals surface area contributed by atoms with E-state index in [1.807, 2.05) is 20.8 Å². The number of sulfonamides is 1. The molecule has 2 amide bonds. The van der Waals surface area contributed by atoms with Crippen LogP contribution in [0.5, 0.6) is 11.5 Å². The van der Waals surface area contributed by atoms with Crippen molar-refractivity contribution in [3.63, 3.8) is 0 Å². The smallest absolute Gasteiger partial charge is 0.264 e. The molecule has 3 aromatic rings. The van der Waals surface area contributed by atoms with E-state index in [-0.39, 0.29) is 33.8 Å². The van der Waals surface area contributed by atoms with Crippen LogP contribution in [-0.4, -0.2) is 47.0 Å². The van der Waals surface area contributed by atoms with Crippen molar-refractivity contribution < 1.29 is 27.5 Å². The van der Waals surface area contributed by atoms with Gasteiger partial charge in [0.05, 0.1) is 36.1 Å². The van der Waals surface area contributed by atoms with Crippen LogP contribution in [0.3, 0.4) is 0 Å². The summed E-state index contributed by atoms with van der Waals surface area (Å²) in [4.78, 5) is 26.0. The van der Waals surface area contributed by atoms with Gasteiger partial charge in [0.15, 0.2) is 11.5 Å². The van der Waals surface area contributed by atoms with Gasteiger partial charge in [0.2, 0.25) is 5.91 Å². The molecule has 0 saturated heterocycles. The lowest BCUT2D eigenvalue weighted by atomic mass is 10.1. The molecule has 38 heavy (non-hydrogen) atoms. The van der Waals surface area contributed by atoms with E-state index in [1.54, 1.807) is 42.5 Å². The van der Waals surface area contributed by atoms with Gasteiger partial charge in [-0.1, -0.05) is 36.8 Å². The zero-order valence-electron chi connectivity index (χ0n) is 22.1. The average Bonchev–Trinajstić information content (AvgIpc) is 2.91. The minimum absolute atomic E-state index is 0.0269. The fourth-order valence-corrected chi connectivity index (χ4v) is 5.06. The van der Waals surface area contributed by atoms with Gasteiger partial charge >= 0.3 is 0 Å². The highest BCUT2D eigenvalue weighted by Crippen LogP contribution is 2.34. The normalized spacial score (nSPS) is 11.8. The summed E-state index contributed by atoms with van der Waals surface area (Å²) in [5, 5.41) is 5.58. The van der Waals surface area contributed by atoms with Crippen LogP contribution in [0.1, 0.15) is 36.2 Å². The van der Waals surface area contributed by atoms with Crippen molar-refractivity contribution in [3.05, 3.63) is 77.9 Å². The minimum atomic E-state index is -4.15. The van der Waals surface area contributed by atoms with Gasteiger partial charge in [-0.05, 0) is 56.7 Å². The molecule has 3 aromatic carbocycles. The minimum Gasteiger partial charge on any atom is -0.493 e. The van der Waals surface area contributed by atoms with Gasteiger partial charge in [-0.3, -0.25) is 13.9 Å². The number of anilines is 2. The van der Waals surface area contributed by atoms with Crippen LogP contribution in [0.15, 0.2) is 71.6 Å². The van der Waals surface area contributed by atoms with E-state index in [0.717, 1.165) is 16.3 Å². The quantitative estimate of drug-likeness (QED) is 0.374. The first kappa shape index (κ1) is 28.5. The third-order valence-electron chi connectivity index (χ3n) is 5.99. The molecule has 0 aliphatic carbocycles. The molecule has 0 fully saturated rings. The average molecular weight is 540 g/mol. The highest BCUT2D eigenvalue weighted by atomic mass is 32.2. The Labute approximate surface area is 223 Å². The fourth-order valence-electron chi connectivity index (χ4n) is 3.65. The van der Waals surface area contributed by atoms with E-state index in [2.05, 4.69) is 10.6 Å². The van der Waals surface area contributed by atoms with Crippen LogP contribution in [0.4, 0.5) is 11.4 Å². The van der Waals surface area contributed by atoms with Crippen LogP contribution in [0, 0.1) is 6.92 Å². The van der Waals surface area contributed by atoms with Crippen LogP contribution >= 0.6 is 0 Å². The van der Waals surface area contributed by atoms with Crippen molar-refractivity contribution >= 4 is 33.2 Å². The number of benzene rings is 3. The lowest BCUT2D eigenvalue weighted by Crippen LogP contribution is -2.38. The predicted molar refractivity (Wildman–Crippen MR) is 148 cm³/mol. The maximum Gasteiger partial charge on any atom is 0.264 e. The van der Waals surface area contributed by atoms with Crippen molar-refractivity contribution in [1.82, 2.24) is 5.32 Å². The van der Waals surface area contributed by atoms with Gasteiger partial charge in [0.1, 0.15) is 6.54 Å². The summed E-state index contributed by atoms with van der Waals surface area (Å²) in [6, 6.07) is 17.5. The first-order valence-corrected chi connectivity index (χ1v) is 13.6. The third kappa shape index (κ3) is 6.63. The van der Waals surface area contributed by atoms with Crippen molar-refractivity contribution in [2.45, 2.75) is 38.1 Å². The number of methoxy groups -OCH3 is 2. The van der Waals surface area contributed by atoms with Gasteiger partial charge < -0.3 is 20.1 Å². The zero-order valence-corrected chi connectivity index (χ0v) is 23.0. The Bertz CT molecular complexity index is 1390. The van der Waals surface area contributed by atoms with Crippen molar-refractivity contribution in [2.75, 3.05) is 30.4 Å². The summed E-state index contributed by atoms with van der Waals surface area (Å²) < 4.78 is 39.1. The van der Waals surface area contributed by atoms with E-state index < -0.39 is 22.5 Å². The molecule has 0 radical (unpaired) electrons. The second-order valence-electron chi connectivity index (χ2n) is 8.74. The molecule has 1 atom stereocenters. The molecule has 2 N–H and O–H groups in total. The van der Waals surface area contributed by atoms with E-state index in [9.17, 15) is 18.0 Å². The summed E-state index contributed by atoms with van der Waals surface area (Å²) in [5.41, 5.74) is 1.66. The summed E-state index contributed by atoms with van der Waals surface area (Å²) in [6.07, 6.45) is 0.747. The lowest BCUT2D eigenvalue weighted by Gasteiger charge is -2.25. The van der Waals surface area contributed by atoms with Crippen molar-refractivity contribution in [2.24, 2.45) is 0 Å². The van der Waals surface area contributed by atoms with E-state index >= 15 is 0 Å². The molecule has 0 aliphatic heterocycles. The summed E-state index contributed by atoms with van der Waals surface area (Å²) in [6.45, 7) is 5.14. The molecule has 0 unspecified atom stereocenters. The SMILES string of the molecule is CC[C@H](C)NC(=O)c1ccccc1NC(=O)CN(c1ccc(OC)c(OC)c1)S(=O)(=O)c1ccc(C)cc1.